The Morgan fingerprint density at radius 3 is 2.52 bits per heavy atom. The highest BCUT2D eigenvalue weighted by atomic mass is 32.1. The molecule has 2 aromatic heterocycles. The summed E-state index contributed by atoms with van der Waals surface area (Å²) in [5.74, 6) is -2.48. The summed E-state index contributed by atoms with van der Waals surface area (Å²) in [6.45, 7) is 0.202. The molecule has 0 radical (unpaired) electrons. The maximum atomic E-state index is 12.3. The van der Waals surface area contributed by atoms with Crippen molar-refractivity contribution in [3.05, 3.63) is 52.0 Å². The molecule has 110 valence electrons. The number of thiophene rings is 1. The van der Waals surface area contributed by atoms with Gasteiger partial charge in [-0.05, 0) is 23.8 Å². The van der Waals surface area contributed by atoms with Crippen molar-refractivity contribution < 1.29 is 22.8 Å². The van der Waals surface area contributed by atoms with Crippen LogP contribution in [0.3, 0.4) is 0 Å². The van der Waals surface area contributed by atoms with Crippen molar-refractivity contribution in [1.29, 1.82) is 0 Å². The summed E-state index contributed by atoms with van der Waals surface area (Å²) in [4.78, 5) is 26.2. The van der Waals surface area contributed by atoms with Gasteiger partial charge in [0.25, 0.3) is 11.7 Å². The number of nitrogens with one attached hydrogen (secondary N) is 1. The number of aromatic nitrogens is 1. The van der Waals surface area contributed by atoms with Gasteiger partial charge in [0.1, 0.15) is 0 Å². The van der Waals surface area contributed by atoms with Crippen molar-refractivity contribution >= 4 is 23.0 Å². The zero-order chi connectivity index (χ0) is 15.5. The summed E-state index contributed by atoms with van der Waals surface area (Å²) in [6.07, 6.45) is -1.79. The van der Waals surface area contributed by atoms with E-state index in [1.807, 2.05) is 0 Å². The van der Waals surface area contributed by atoms with E-state index in [1.165, 1.54) is 6.07 Å². The molecule has 2 aromatic rings. The average Bonchev–Trinajstić information content (AvgIpc) is 2.93. The molecule has 0 bridgehead atoms. The number of halogens is 3. The molecule has 0 aliphatic carbocycles. The van der Waals surface area contributed by atoms with Crippen LogP contribution in [0.25, 0.3) is 0 Å². The molecule has 1 N–H and O–H groups in total. The third kappa shape index (κ3) is 3.88. The molecular formula is C13H9F3N2O2S. The van der Waals surface area contributed by atoms with Gasteiger partial charge in [0.15, 0.2) is 0 Å². The van der Waals surface area contributed by atoms with Crippen LogP contribution in [-0.4, -0.2) is 22.9 Å². The van der Waals surface area contributed by atoms with E-state index in [0.717, 1.165) is 11.6 Å². The number of hydrogen-bond acceptors (Lipinski definition) is 4. The van der Waals surface area contributed by atoms with Crippen LogP contribution in [0.1, 0.15) is 24.9 Å². The SMILES string of the molecule is O=C(NCc1cccnc1)c1ccc(C(=O)C(F)(F)F)s1. The highest BCUT2D eigenvalue weighted by Gasteiger charge is 2.40. The summed E-state index contributed by atoms with van der Waals surface area (Å²) < 4.78 is 36.8. The Bertz CT molecular complexity index is 653. The van der Waals surface area contributed by atoms with E-state index in [1.54, 1.807) is 24.5 Å². The van der Waals surface area contributed by atoms with Crippen molar-refractivity contribution in [2.24, 2.45) is 0 Å². The van der Waals surface area contributed by atoms with Crippen molar-refractivity contribution in [2.45, 2.75) is 12.7 Å². The fourth-order valence-corrected chi connectivity index (χ4v) is 2.38. The van der Waals surface area contributed by atoms with Gasteiger partial charge in [0, 0.05) is 18.9 Å². The zero-order valence-electron chi connectivity index (χ0n) is 10.5. The Hall–Kier alpha value is -2.22. The van der Waals surface area contributed by atoms with Gasteiger partial charge in [-0.25, -0.2) is 0 Å². The number of carbonyl (C=O) groups excluding carboxylic acids is 2. The molecule has 0 aliphatic heterocycles. The quantitative estimate of drug-likeness (QED) is 0.883. The number of hydrogen-bond donors (Lipinski definition) is 1. The van der Waals surface area contributed by atoms with Gasteiger partial charge in [0.05, 0.1) is 9.75 Å². The molecule has 1 amide bonds. The van der Waals surface area contributed by atoms with E-state index < -0.39 is 22.7 Å². The lowest BCUT2D eigenvalue weighted by Crippen LogP contribution is -2.22. The topological polar surface area (TPSA) is 59.1 Å². The van der Waals surface area contributed by atoms with Crippen molar-refractivity contribution in [1.82, 2.24) is 10.3 Å². The van der Waals surface area contributed by atoms with Gasteiger partial charge >= 0.3 is 6.18 Å². The summed E-state index contributed by atoms with van der Waals surface area (Å²) in [5.41, 5.74) is 0.758. The molecule has 2 heterocycles. The first-order chi connectivity index (χ1) is 9.88. The summed E-state index contributed by atoms with van der Waals surface area (Å²) >= 11 is 0.514. The molecule has 0 fully saturated rings. The molecule has 0 aromatic carbocycles. The second-order valence-corrected chi connectivity index (χ2v) is 5.12. The van der Waals surface area contributed by atoms with Crippen LogP contribution < -0.4 is 5.32 Å². The average molecular weight is 314 g/mol. The standard InChI is InChI=1S/C13H9F3N2O2S/c14-13(15,16)11(19)9-3-4-10(21-9)12(20)18-7-8-2-1-5-17-6-8/h1-6H,7H2,(H,18,20). The fourth-order valence-electron chi connectivity index (χ4n) is 1.49. The molecule has 0 unspecified atom stereocenters. The molecular weight excluding hydrogens is 305 g/mol. The van der Waals surface area contributed by atoms with Crippen LogP contribution in [0.2, 0.25) is 0 Å². The summed E-state index contributed by atoms with van der Waals surface area (Å²) in [5, 5.41) is 2.55. The van der Waals surface area contributed by atoms with E-state index in [-0.39, 0.29) is 11.4 Å². The first-order valence-corrected chi connectivity index (χ1v) is 6.58. The molecule has 0 saturated carbocycles. The van der Waals surface area contributed by atoms with Gasteiger partial charge in [-0.2, -0.15) is 13.2 Å². The Morgan fingerprint density at radius 2 is 1.90 bits per heavy atom. The minimum absolute atomic E-state index is 0.0477. The fraction of sp³-hybridized carbons (Fsp3) is 0.154. The second kappa shape index (κ2) is 6.04. The smallest absolute Gasteiger partial charge is 0.347 e. The minimum Gasteiger partial charge on any atom is -0.347 e. The van der Waals surface area contributed by atoms with Gasteiger partial charge < -0.3 is 5.32 Å². The van der Waals surface area contributed by atoms with Gasteiger partial charge in [-0.3, -0.25) is 14.6 Å². The predicted molar refractivity (Wildman–Crippen MR) is 70.1 cm³/mol. The lowest BCUT2D eigenvalue weighted by atomic mass is 10.3. The molecule has 0 atom stereocenters. The number of alkyl halides is 3. The van der Waals surface area contributed by atoms with Crippen molar-refractivity contribution in [2.75, 3.05) is 0 Å². The number of carbonyl (C=O) groups is 2. The number of amides is 1. The Kier molecular flexibility index (Phi) is 4.37. The van der Waals surface area contributed by atoms with Gasteiger partial charge in [0.2, 0.25) is 0 Å². The normalized spacial score (nSPS) is 11.2. The van der Waals surface area contributed by atoms with Crippen LogP contribution in [0.15, 0.2) is 36.7 Å². The molecule has 2 rings (SSSR count). The van der Waals surface area contributed by atoms with Crippen LogP contribution in [0.5, 0.6) is 0 Å². The Morgan fingerprint density at radius 1 is 1.19 bits per heavy atom. The third-order valence-electron chi connectivity index (χ3n) is 2.49. The maximum Gasteiger partial charge on any atom is 0.455 e. The van der Waals surface area contributed by atoms with Crippen molar-refractivity contribution in [3.8, 4) is 0 Å². The first kappa shape index (κ1) is 15.2. The van der Waals surface area contributed by atoms with Crippen LogP contribution in [0, 0.1) is 0 Å². The molecule has 0 saturated heterocycles. The van der Waals surface area contributed by atoms with E-state index >= 15 is 0 Å². The molecule has 0 aliphatic rings. The van der Waals surface area contributed by atoms with Crippen molar-refractivity contribution in [3.63, 3.8) is 0 Å². The second-order valence-electron chi connectivity index (χ2n) is 4.03. The number of Topliss-reactive ketones (excluding diaryl/α,β-unsaturated/α-hetero) is 1. The molecule has 4 nitrogen and oxygen atoms in total. The Labute approximate surface area is 121 Å². The molecule has 0 spiro atoms. The maximum absolute atomic E-state index is 12.3. The van der Waals surface area contributed by atoms with Gasteiger partial charge in [-0.15, -0.1) is 11.3 Å². The number of rotatable bonds is 4. The highest BCUT2D eigenvalue weighted by Crippen LogP contribution is 2.26. The highest BCUT2D eigenvalue weighted by molar-refractivity contribution is 7.16. The van der Waals surface area contributed by atoms with Gasteiger partial charge in [-0.1, -0.05) is 6.07 Å². The zero-order valence-corrected chi connectivity index (χ0v) is 11.3. The minimum atomic E-state index is -4.94. The summed E-state index contributed by atoms with van der Waals surface area (Å²) in [6, 6.07) is 5.65. The van der Waals surface area contributed by atoms with Crippen LogP contribution >= 0.6 is 11.3 Å². The predicted octanol–water partition coefficient (Wildman–Crippen LogP) is 2.82. The third-order valence-corrected chi connectivity index (χ3v) is 3.57. The number of nitrogens with zero attached hydrogens (tertiary/aromatic N) is 1. The van der Waals surface area contributed by atoms with E-state index in [9.17, 15) is 22.8 Å². The van der Waals surface area contributed by atoms with E-state index in [2.05, 4.69) is 10.3 Å². The number of ketones is 1. The lowest BCUT2D eigenvalue weighted by Gasteiger charge is -2.03. The van der Waals surface area contributed by atoms with Crippen LogP contribution in [0.4, 0.5) is 13.2 Å². The van der Waals surface area contributed by atoms with Crippen LogP contribution in [-0.2, 0) is 6.54 Å². The first-order valence-electron chi connectivity index (χ1n) is 5.76. The lowest BCUT2D eigenvalue weighted by molar-refractivity contribution is -0.0882. The largest absolute Gasteiger partial charge is 0.455 e. The summed E-state index contributed by atoms with van der Waals surface area (Å²) in [7, 11) is 0. The van der Waals surface area contributed by atoms with E-state index in [4.69, 9.17) is 0 Å². The molecule has 8 heteroatoms. The Balaban J connectivity index is 2.01. The van der Waals surface area contributed by atoms with E-state index in [0.29, 0.717) is 11.3 Å². The monoisotopic (exact) mass is 314 g/mol. The molecule has 21 heavy (non-hydrogen) atoms. The number of pyridine rings is 1.